The molecule has 0 unspecified atom stereocenters. The second kappa shape index (κ2) is 15.9. The molecule has 4 aliphatic heterocycles. The maximum absolute atomic E-state index is 13.1. The largest absolute Gasteiger partial charge is 0.464 e. The fourth-order valence-electron chi connectivity index (χ4n) is 6.64. The van der Waals surface area contributed by atoms with Crippen LogP contribution in [-0.2, 0) is 23.6 Å². The van der Waals surface area contributed by atoms with Gasteiger partial charge in [0.15, 0.2) is 23.0 Å². The maximum atomic E-state index is 13.1. The van der Waals surface area contributed by atoms with Gasteiger partial charge in [0.2, 0.25) is 0 Å². The summed E-state index contributed by atoms with van der Waals surface area (Å²) >= 11 is 6.54. The number of methoxy groups -OCH3 is 2. The number of carbonyl (C=O) groups is 3. The van der Waals surface area contributed by atoms with Gasteiger partial charge in [-0.3, -0.25) is 14.5 Å². The van der Waals surface area contributed by atoms with Crippen LogP contribution in [0, 0.1) is 0 Å². The normalized spacial score (nSPS) is 17.1. The molecule has 0 saturated carbocycles. The topological polar surface area (TPSA) is 199 Å². The Morgan fingerprint density at radius 3 is 2.09 bits per heavy atom. The quantitative estimate of drug-likeness (QED) is 0.253. The number of nitrogens with one attached hydrogen (secondary N) is 2. The number of rotatable bonds is 3. The third kappa shape index (κ3) is 7.91. The Morgan fingerprint density at radius 2 is 1.43 bits per heavy atom. The molecule has 4 N–H and O–H groups in total. The molecule has 4 bridgehead atoms. The van der Waals surface area contributed by atoms with Crippen LogP contribution in [0.1, 0.15) is 33.8 Å². The second-order valence-electron chi connectivity index (χ2n) is 12.9. The molecule has 0 aliphatic carbocycles. The van der Waals surface area contributed by atoms with Gasteiger partial charge in [-0.15, -0.1) is 0 Å². The summed E-state index contributed by atoms with van der Waals surface area (Å²) in [6.07, 6.45) is 5.18. The number of fused-ring (bicyclic) bond motifs is 8. The van der Waals surface area contributed by atoms with E-state index in [1.807, 2.05) is 6.07 Å². The van der Waals surface area contributed by atoms with E-state index in [0.717, 1.165) is 54.1 Å². The number of nitrogens with zero attached hydrogens (tertiary/aromatic N) is 7. The van der Waals surface area contributed by atoms with E-state index in [-0.39, 0.29) is 34.2 Å². The first-order valence-corrected chi connectivity index (χ1v) is 18.4. The Kier molecular flexibility index (Phi) is 11.3. The number of hydrogen-bond donors (Lipinski definition) is 3. The summed E-state index contributed by atoms with van der Waals surface area (Å²) in [7, 11) is 5.91. The summed E-state index contributed by atoms with van der Waals surface area (Å²) in [6.45, 7) is 3.56. The van der Waals surface area contributed by atoms with Gasteiger partial charge in [-0.05, 0) is 81.1 Å². The fourth-order valence-corrected chi connectivity index (χ4v) is 7.73. The van der Waals surface area contributed by atoms with Crippen LogP contribution < -0.4 is 42.2 Å². The SMILES string of the molecule is COC(=O)c1ccc2c(n1)N(C(=O)Nc1cc(Br)cn(C)c1=O)[C@H]1CCN2C1.COC(=O)c1ccc2c(n1)N[C@H]1CCN2C1.Cn1cc(Br)cc(N)c1=O. The Bertz CT molecular complexity index is 2220. The number of halogens is 2. The van der Waals surface area contributed by atoms with E-state index < -0.39 is 18.0 Å². The lowest BCUT2D eigenvalue weighted by Gasteiger charge is -2.35. The average Bonchev–Trinajstić information content (AvgIpc) is 3.76. The molecule has 0 radical (unpaired) electrons. The molecule has 8 rings (SSSR count). The number of nitrogen functional groups attached to an aromatic ring is 1. The van der Waals surface area contributed by atoms with E-state index in [0.29, 0.717) is 28.6 Å². The van der Waals surface area contributed by atoms with Crippen molar-refractivity contribution in [2.45, 2.75) is 24.9 Å². The van der Waals surface area contributed by atoms with Crippen LogP contribution in [-0.4, -0.2) is 89.6 Å². The molecule has 2 fully saturated rings. The van der Waals surface area contributed by atoms with E-state index in [4.69, 9.17) is 10.5 Å². The highest BCUT2D eigenvalue weighted by Gasteiger charge is 2.41. The van der Waals surface area contributed by atoms with Crippen molar-refractivity contribution in [3.63, 3.8) is 0 Å². The zero-order valence-corrected chi connectivity index (χ0v) is 33.0. The highest BCUT2D eigenvalue weighted by atomic mass is 79.9. The van der Waals surface area contributed by atoms with Gasteiger partial charge in [-0.1, -0.05) is 0 Å². The number of amides is 2. The van der Waals surface area contributed by atoms with Crippen molar-refractivity contribution in [2.75, 3.05) is 71.5 Å². The van der Waals surface area contributed by atoms with Gasteiger partial charge in [0, 0.05) is 67.7 Å². The third-order valence-corrected chi connectivity index (χ3v) is 10.1. The van der Waals surface area contributed by atoms with Crippen LogP contribution in [0.4, 0.5) is 39.2 Å². The highest BCUT2D eigenvalue weighted by Crippen LogP contribution is 2.39. The molecular formula is C35H38Br2N10O7. The van der Waals surface area contributed by atoms with Crippen molar-refractivity contribution in [3.8, 4) is 0 Å². The zero-order valence-electron chi connectivity index (χ0n) is 29.8. The molecule has 17 nitrogen and oxygen atoms in total. The summed E-state index contributed by atoms with van der Waals surface area (Å²) in [4.78, 5) is 74.3. The molecule has 19 heteroatoms. The Hall–Kier alpha value is -5.43. The lowest BCUT2D eigenvalue weighted by Crippen LogP contribution is -2.49. The Morgan fingerprint density at radius 1 is 0.833 bits per heavy atom. The van der Waals surface area contributed by atoms with Gasteiger partial charge < -0.3 is 44.8 Å². The maximum Gasteiger partial charge on any atom is 0.356 e. The number of aromatic nitrogens is 4. The number of nitrogens with two attached hydrogens (primary N) is 1. The van der Waals surface area contributed by atoms with Crippen molar-refractivity contribution in [1.82, 2.24) is 19.1 Å². The smallest absolute Gasteiger partial charge is 0.356 e. The van der Waals surface area contributed by atoms with Crippen molar-refractivity contribution >= 4 is 84.2 Å². The third-order valence-electron chi connectivity index (χ3n) is 9.27. The van der Waals surface area contributed by atoms with Crippen molar-refractivity contribution in [3.05, 3.63) is 89.8 Å². The lowest BCUT2D eigenvalue weighted by molar-refractivity contribution is 0.0585. The second-order valence-corrected chi connectivity index (χ2v) is 14.7. The highest BCUT2D eigenvalue weighted by molar-refractivity contribution is 9.10. The zero-order chi connectivity index (χ0) is 38.8. The first-order chi connectivity index (χ1) is 25.8. The van der Waals surface area contributed by atoms with Crippen molar-refractivity contribution in [1.29, 1.82) is 0 Å². The van der Waals surface area contributed by atoms with Crippen LogP contribution >= 0.6 is 31.9 Å². The van der Waals surface area contributed by atoms with E-state index in [1.165, 1.54) is 28.3 Å². The van der Waals surface area contributed by atoms with E-state index in [9.17, 15) is 24.0 Å². The number of hydrogen-bond acceptors (Lipinski definition) is 13. The van der Waals surface area contributed by atoms with Gasteiger partial charge >= 0.3 is 18.0 Å². The van der Waals surface area contributed by atoms with Crippen molar-refractivity contribution in [2.24, 2.45) is 14.1 Å². The van der Waals surface area contributed by atoms with E-state index in [2.05, 4.69) is 67.0 Å². The van der Waals surface area contributed by atoms with Crippen LogP contribution in [0.15, 0.2) is 67.3 Å². The van der Waals surface area contributed by atoms with Crippen LogP contribution in [0.3, 0.4) is 0 Å². The Labute approximate surface area is 326 Å². The van der Waals surface area contributed by atoms with E-state index in [1.54, 1.807) is 56.8 Å². The van der Waals surface area contributed by atoms with Crippen LogP contribution in [0.25, 0.3) is 0 Å². The van der Waals surface area contributed by atoms with Gasteiger partial charge in [-0.25, -0.2) is 24.4 Å². The minimum Gasteiger partial charge on any atom is -0.464 e. The Balaban J connectivity index is 0.000000160. The summed E-state index contributed by atoms with van der Waals surface area (Å²) < 4.78 is 13.7. The fraction of sp³-hybridized carbons (Fsp3) is 0.343. The molecule has 2 saturated heterocycles. The summed E-state index contributed by atoms with van der Waals surface area (Å²) in [5, 5.41) is 6.04. The lowest BCUT2D eigenvalue weighted by atomic mass is 10.1. The van der Waals surface area contributed by atoms with Crippen LogP contribution in [0.5, 0.6) is 0 Å². The number of aryl methyl sites for hydroxylation is 2. The number of anilines is 6. The predicted molar refractivity (Wildman–Crippen MR) is 211 cm³/mol. The first kappa shape index (κ1) is 38.3. The number of esters is 2. The number of pyridine rings is 4. The molecule has 8 heterocycles. The van der Waals surface area contributed by atoms with Gasteiger partial charge in [0.1, 0.15) is 5.69 Å². The predicted octanol–water partition coefficient (Wildman–Crippen LogP) is 3.56. The first-order valence-electron chi connectivity index (χ1n) is 16.8. The van der Waals surface area contributed by atoms with Crippen LogP contribution in [0.2, 0.25) is 0 Å². The molecule has 2 atom stereocenters. The van der Waals surface area contributed by atoms with E-state index >= 15 is 0 Å². The monoisotopic (exact) mass is 868 g/mol. The summed E-state index contributed by atoms with van der Waals surface area (Å²) in [5.41, 5.74) is 7.64. The average molecular weight is 871 g/mol. The minimum atomic E-state index is -0.572. The molecule has 284 valence electrons. The molecule has 0 spiro atoms. The number of carbonyl (C=O) groups excluding carboxylic acids is 3. The molecule has 0 aromatic carbocycles. The van der Waals surface area contributed by atoms with Crippen molar-refractivity contribution < 1.29 is 23.9 Å². The van der Waals surface area contributed by atoms with Gasteiger partial charge in [0.25, 0.3) is 11.1 Å². The van der Waals surface area contributed by atoms with Gasteiger partial charge in [0.05, 0.1) is 37.3 Å². The molecular weight excluding hydrogens is 832 g/mol. The summed E-state index contributed by atoms with van der Waals surface area (Å²) in [5.74, 6) is 0.229. The molecule has 4 aliphatic rings. The minimum absolute atomic E-state index is 0.0936. The van der Waals surface area contributed by atoms with Gasteiger partial charge in [-0.2, -0.15) is 0 Å². The standard InChI is InChI=1S/C18H18BrN5O4.C11H13N3O2.C6H7BrN2O/c1-22-8-10(19)7-13(16(22)25)21-18(27)24-11-5-6-23(9-11)14-4-3-12(17(26)28-2)20-15(14)24;1-16-11(15)8-2-3-9-10(13-8)12-7-4-5-14(9)6-7;1-9-3-4(7)2-5(8)6(9)10/h3-4,7-8,11H,5-6,9H2,1-2H3,(H,21,27);2-3,7H,4-6H2,1H3,(H,12,13);2-3H,8H2,1H3/t11-;7-;/m00./s1. The summed E-state index contributed by atoms with van der Waals surface area (Å²) in [6, 6.07) is 10.1. The molecule has 4 aromatic heterocycles. The molecule has 4 aromatic rings. The number of urea groups is 1. The molecule has 2 amide bonds. The molecule has 54 heavy (non-hydrogen) atoms. The number of ether oxygens (including phenoxy) is 2.